The van der Waals surface area contributed by atoms with Crippen LogP contribution in [0.15, 0.2) is 34.8 Å². The number of benzene rings is 2. The van der Waals surface area contributed by atoms with Crippen molar-refractivity contribution in [1.29, 1.82) is 0 Å². The standard InChI is InChI=1S/C13H11BrCl2N2/c1-7-3-2-4-10(13(7)17)18-9-6-5-8(14)11(15)12(9)16/h2-6,18H,17H2,1H3. The van der Waals surface area contributed by atoms with Gasteiger partial charge in [0.1, 0.15) is 0 Å². The van der Waals surface area contributed by atoms with Crippen LogP contribution in [0.2, 0.25) is 10.0 Å². The molecule has 2 nitrogen and oxygen atoms in total. The molecule has 3 N–H and O–H groups in total. The largest absolute Gasteiger partial charge is 0.397 e. The Morgan fingerprint density at radius 2 is 1.78 bits per heavy atom. The fourth-order valence-electron chi connectivity index (χ4n) is 1.56. The van der Waals surface area contributed by atoms with Crippen LogP contribution in [-0.4, -0.2) is 0 Å². The lowest BCUT2D eigenvalue weighted by Crippen LogP contribution is -1.98. The minimum Gasteiger partial charge on any atom is -0.397 e. The molecular weight excluding hydrogens is 335 g/mol. The number of aryl methyl sites for hydroxylation is 1. The molecule has 0 saturated carbocycles. The molecule has 0 aliphatic heterocycles. The Hall–Kier alpha value is -0.900. The molecule has 2 aromatic rings. The van der Waals surface area contributed by atoms with Gasteiger partial charge in [-0.2, -0.15) is 0 Å². The van der Waals surface area contributed by atoms with E-state index in [9.17, 15) is 0 Å². The van der Waals surface area contributed by atoms with Gasteiger partial charge in [-0.15, -0.1) is 0 Å². The first-order valence-corrected chi connectivity index (χ1v) is 6.81. The summed E-state index contributed by atoms with van der Waals surface area (Å²) in [4.78, 5) is 0. The van der Waals surface area contributed by atoms with Crippen molar-refractivity contribution >= 4 is 56.2 Å². The summed E-state index contributed by atoms with van der Waals surface area (Å²) < 4.78 is 0.761. The van der Waals surface area contributed by atoms with Crippen LogP contribution in [0.3, 0.4) is 0 Å². The SMILES string of the molecule is Cc1cccc(Nc2ccc(Br)c(Cl)c2Cl)c1N. The summed E-state index contributed by atoms with van der Waals surface area (Å²) in [6.45, 7) is 1.96. The first-order chi connectivity index (χ1) is 8.50. The molecule has 18 heavy (non-hydrogen) atoms. The normalized spacial score (nSPS) is 10.4. The molecule has 0 fully saturated rings. The van der Waals surface area contributed by atoms with Crippen LogP contribution in [0.4, 0.5) is 17.1 Å². The van der Waals surface area contributed by atoms with E-state index in [4.69, 9.17) is 28.9 Å². The van der Waals surface area contributed by atoms with Crippen LogP contribution in [0.1, 0.15) is 5.56 Å². The summed E-state index contributed by atoms with van der Waals surface area (Å²) >= 11 is 15.6. The highest BCUT2D eigenvalue weighted by Crippen LogP contribution is 2.38. The Kier molecular flexibility index (Phi) is 4.05. The highest BCUT2D eigenvalue weighted by atomic mass is 79.9. The van der Waals surface area contributed by atoms with Crippen molar-refractivity contribution in [1.82, 2.24) is 0 Å². The van der Waals surface area contributed by atoms with Crippen LogP contribution < -0.4 is 11.1 Å². The molecule has 0 radical (unpaired) electrons. The lowest BCUT2D eigenvalue weighted by Gasteiger charge is -2.13. The molecule has 0 saturated heterocycles. The summed E-state index contributed by atoms with van der Waals surface area (Å²) in [6.07, 6.45) is 0. The molecule has 0 aliphatic rings. The first kappa shape index (κ1) is 13.5. The summed E-state index contributed by atoms with van der Waals surface area (Å²) in [7, 11) is 0. The summed E-state index contributed by atoms with van der Waals surface area (Å²) in [5.41, 5.74) is 9.25. The van der Waals surface area contributed by atoms with Gasteiger partial charge >= 0.3 is 0 Å². The number of para-hydroxylation sites is 1. The first-order valence-electron chi connectivity index (χ1n) is 5.26. The molecule has 0 atom stereocenters. The minimum atomic E-state index is 0.465. The maximum Gasteiger partial charge on any atom is 0.0838 e. The van der Waals surface area contributed by atoms with E-state index in [0.29, 0.717) is 15.7 Å². The zero-order chi connectivity index (χ0) is 13.3. The van der Waals surface area contributed by atoms with Gasteiger partial charge in [0.2, 0.25) is 0 Å². The van der Waals surface area contributed by atoms with Crippen molar-refractivity contribution in [2.24, 2.45) is 0 Å². The molecule has 2 aromatic carbocycles. The van der Waals surface area contributed by atoms with Gasteiger partial charge in [0, 0.05) is 4.47 Å². The number of hydrogen-bond acceptors (Lipinski definition) is 2. The number of rotatable bonds is 2. The zero-order valence-corrected chi connectivity index (χ0v) is 12.7. The molecule has 0 heterocycles. The minimum absolute atomic E-state index is 0.465. The van der Waals surface area contributed by atoms with E-state index in [-0.39, 0.29) is 0 Å². The Labute approximate surface area is 124 Å². The van der Waals surface area contributed by atoms with Crippen LogP contribution >= 0.6 is 39.1 Å². The molecule has 0 amide bonds. The van der Waals surface area contributed by atoms with Crippen LogP contribution in [-0.2, 0) is 0 Å². The second kappa shape index (κ2) is 5.39. The number of hydrogen-bond donors (Lipinski definition) is 2. The smallest absolute Gasteiger partial charge is 0.0838 e. The molecule has 0 aromatic heterocycles. The van der Waals surface area contributed by atoms with E-state index in [1.807, 2.05) is 37.3 Å². The van der Waals surface area contributed by atoms with E-state index in [1.54, 1.807) is 0 Å². The quantitative estimate of drug-likeness (QED) is 0.565. The van der Waals surface area contributed by atoms with Gasteiger partial charge < -0.3 is 11.1 Å². The average molecular weight is 346 g/mol. The third kappa shape index (κ3) is 2.58. The molecule has 2 rings (SSSR count). The predicted molar refractivity (Wildman–Crippen MR) is 83.0 cm³/mol. The van der Waals surface area contributed by atoms with Crippen LogP contribution in [0.25, 0.3) is 0 Å². The number of anilines is 3. The molecule has 5 heteroatoms. The Morgan fingerprint density at radius 3 is 2.50 bits per heavy atom. The fraction of sp³-hybridized carbons (Fsp3) is 0.0769. The fourth-order valence-corrected chi connectivity index (χ4v) is 2.38. The monoisotopic (exact) mass is 344 g/mol. The zero-order valence-electron chi connectivity index (χ0n) is 9.60. The lowest BCUT2D eigenvalue weighted by atomic mass is 10.1. The Bertz CT molecular complexity index is 600. The van der Waals surface area contributed by atoms with Crippen molar-refractivity contribution in [3.05, 3.63) is 50.4 Å². The van der Waals surface area contributed by atoms with Crippen LogP contribution in [0, 0.1) is 6.92 Å². The number of nitrogens with two attached hydrogens (primary N) is 1. The maximum atomic E-state index is 6.18. The van der Waals surface area contributed by atoms with Gasteiger partial charge in [0.15, 0.2) is 0 Å². The Morgan fingerprint density at radius 1 is 1.06 bits per heavy atom. The number of nitrogen functional groups attached to an aromatic ring is 1. The van der Waals surface area contributed by atoms with E-state index in [1.165, 1.54) is 0 Å². The van der Waals surface area contributed by atoms with Crippen LogP contribution in [0.5, 0.6) is 0 Å². The highest BCUT2D eigenvalue weighted by molar-refractivity contribution is 9.10. The molecule has 94 valence electrons. The molecular formula is C13H11BrCl2N2. The van der Waals surface area contributed by atoms with Crippen molar-refractivity contribution < 1.29 is 0 Å². The Balaban J connectivity index is 2.41. The number of halogens is 3. The third-order valence-corrected chi connectivity index (χ3v) is 4.40. The maximum absolute atomic E-state index is 6.18. The summed E-state index contributed by atoms with van der Waals surface area (Å²) in [5.74, 6) is 0. The van der Waals surface area contributed by atoms with Crippen molar-refractivity contribution in [2.75, 3.05) is 11.1 Å². The molecule has 0 aliphatic carbocycles. The van der Waals surface area contributed by atoms with Crippen molar-refractivity contribution in [2.45, 2.75) is 6.92 Å². The van der Waals surface area contributed by atoms with Gasteiger partial charge in [0.25, 0.3) is 0 Å². The third-order valence-electron chi connectivity index (χ3n) is 2.63. The van der Waals surface area contributed by atoms with Gasteiger partial charge in [-0.3, -0.25) is 0 Å². The molecule has 0 bridgehead atoms. The average Bonchev–Trinajstić information content (AvgIpc) is 2.35. The summed E-state index contributed by atoms with van der Waals surface area (Å²) in [5, 5.41) is 4.13. The summed E-state index contributed by atoms with van der Waals surface area (Å²) in [6, 6.07) is 9.47. The van der Waals surface area contributed by atoms with Gasteiger partial charge in [-0.25, -0.2) is 0 Å². The second-order valence-electron chi connectivity index (χ2n) is 3.88. The van der Waals surface area contributed by atoms with Gasteiger partial charge in [-0.05, 0) is 46.6 Å². The van der Waals surface area contributed by atoms with E-state index in [0.717, 1.165) is 21.4 Å². The van der Waals surface area contributed by atoms with Crippen molar-refractivity contribution in [3.63, 3.8) is 0 Å². The van der Waals surface area contributed by atoms with E-state index >= 15 is 0 Å². The topological polar surface area (TPSA) is 38.0 Å². The molecule has 0 spiro atoms. The van der Waals surface area contributed by atoms with Gasteiger partial charge in [0.05, 0.1) is 27.1 Å². The van der Waals surface area contributed by atoms with Gasteiger partial charge in [-0.1, -0.05) is 35.3 Å². The van der Waals surface area contributed by atoms with E-state index in [2.05, 4.69) is 21.2 Å². The molecule has 0 unspecified atom stereocenters. The lowest BCUT2D eigenvalue weighted by molar-refractivity contribution is 1.45. The van der Waals surface area contributed by atoms with Crippen molar-refractivity contribution in [3.8, 4) is 0 Å². The second-order valence-corrected chi connectivity index (χ2v) is 5.49. The predicted octanol–water partition coefficient (Wildman–Crippen LogP) is 5.39. The highest BCUT2D eigenvalue weighted by Gasteiger charge is 2.10. The van der Waals surface area contributed by atoms with E-state index < -0.39 is 0 Å². The number of nitrogens with one attached hydrogen (secondary N) is 1.